The van der Waals surface area contributed by atoms with Gasteiger partial charge in [0.2, 0.25) is 6.29 Å². The molecule has 0 aromatic carbocycles. The summed E-state index contributed by atoms with van der Waals surface area (Å²) in [5, 5.41) is 8.50. The van der Waals surface area contributed by atoms with Crippen LogP contribution in [0.3, 0.4) is 0 Å². The van der Waals surface area contributed by atoms with Crippen molar-refractivity contribution in [3.63, 3.8) is 0 Å². The highest BCUT2D eigenvalue weighted by Crippen LogP contribution is 2.44. The molecule has 1 fully saturated rings. The molecule has 0 aromatic heterocycles. The Morgan fingerprint density at radius 2 is 1.85 bits per heavy atom. The van der Waals surface area contributed by atoms with Crippen LogP contribution in [0.25, 0.3) is 0 Å². The Balaban J connectivity index is 2.84. The SMILES string of the molecule is OC1OCCC(C(F)(F)F)C1(F)F. The van der Waals surface area contributed by atoms with Crippen LogP contribution in [0.5, 0.6) is 0 Å². The van der Waals surface area contributed by atoms with E-state index in [-0.39, 0.29) is 0 Å². The van der Waals surface area contributed by atoms with E-state index in [0.29, 0.717) is 0 Å². The molecule has 2 atom stereocenters. The van der Waals surface area contributed by atoms with Gasteiger partial charge in [-0.2, -0.15) is 13.2 Å². The van der Waals surface area contributed by atoms with Crippen LogP contribution >= 0.6 is 0 Å². The van der Waals surface area contributed by atoms with Crippen molar-refractivity contribution in [1.82, 2.24) is 0 Å². The minimum atomic E-state index is -5.01. The molecule has 7 heteroatoms. The number of ether oxygens (including phenoxy) is 1. The quantitative estimate of drug-likeness (QED) is 0.609. The van der Waals surface area contributed by atoms with E-state index >= 15 is 0 Å². The number of rotatable bonds is 0. The summed E-state index contributed by atoms with van der Waals surface area (Å²) in [4.78, 5) is 0. The number of hydrogen-bond donors (Lipinski definition) is 1. The number of aliphatic hydroxyl groups is 1. The molecule has 1 aliphatic rings. The van der Waals surface area contributed by atoms with E-state index in [0.717, 1.165) is 0 Å². The van der Waals surface area contributed by atoms with Gasteiger partial charge in [-0.3, -0.25) is 0 Å². The minimum Gasteiger partial charge on any atom is -0.363 e. The summed E-state index contributed by atoms with van der Waals surface area (Å²) in [6.45, 7) is -0.513. The van der Waals surface area contributed by atoms with Crippen molar-refractivity contribution in [3.8, 4) is 0 Å². The highest BCUT2D eigenvalue weighted by Gasteiger charge is 2.61. The van der Waals surface area contributed by atoms with Gasteiger partial charge in [-0.15, -0.1) is 0 Å². The van der Waals surface area contributed by atoms with E-state index in [1.165, 1.54) is 0 Å². The molecule has 0 aromatic rings. The fraction of sp³-hybridized carbons (Fsp3) is 1.00. The second-order valence-electron chi connectivity index (χ2n) is 2.78. The van der Waals surface area contributed by atoms with Gasteiger partial charge in [0, 0.05) is 0 Å². The third-order valence-corrected chi connectivity index (χ3v) is 1.87. The largest absolute Gasteiger partial charge is 0.397 e. The van der Waals surface area contributed by atoms with Gasteiger partial charge in [0.1, 0.15) is 5.92 Å². The van der Waals surface area contributed by atoms with E-state index in [1.807, 2.05) is 0 Å². The molecule has 0 spiro atoms. The predicted molar refractivity (Wildman–Crippen MR) is 31.1 cm³/mol. The molecule has 0 amide bonds. The predicted octanol–water partition coefficient (Wildman–Crippen LogP) is 1.54. The van der Waals surface area contributed by atoms with Crippen LogP contribution in [0, 0.1) is 5.92 Å². The molecule has 13 heavy (non-hydrogen) atoms. The van der Waals surface area contributed by atoms with Crippen molar-refractivity contribution in [2.75, 3.05) is 6.61 Å². The average Bonchev–Trinajstić information content (AvgIpc) is 1.92. The molecule has 2 nitrogen and oxygen atoms in total. The molecule has 2 unspecified atom stereocenters. The molecular weight excluding hydrogens is 199 g/mol. The lowest BCUT2D eigenvalue weighted by Gasteiger charge is -2.35. The Labute approximate surface area is 70.3 Å². The Kier molecular flexibility index (Phi) is 2.50. The van der Waals surface area contributed by atoms with Crippen molar-refractivity contribution in [1.29, 1.82) is 0 Å². The number of alkyl halides is 5. The zero-order valence-corrected chi connectivity index (χ0v) is 6.31. The lowest BCUT2D eigenvalue weighted by molar-refractivity contribution is -0.337. The molecule has 1 N–H and O–H groups in total. The first kappa shape index (κ1) is 10.6. The fourth-order valence-electron chi connectivity index (χ4n) is 1.16. The van der Waals surface area contributed by atoms with E-state index in [2.05, 4.69) is 4.74 Å². The molecule has 0 bridgehead atoms. The maximum absolute atomic E-state index is 12.7. The molecule has 1 heterocycles. The van der Waals surface area contributed by atoms with Gasteiger partial charge in [0.05, 0.1) is 6.61 Å². The van der Waals surface area contributed by atoms with Gasteiger partial charge >= 0.3 is 12.1 Å². The first-order chi connectivity index (χ1) is 5.76. The van der Waals surface area contributed by atoms with Crippen LogP contribution in [0.1, 0.15) is 6.42 Å². The Morgan fingerprint density at radius 1 is 1.31 bits per heavy atom. The van der Waals surface area contributed by atoms with Crippen molar-refractivity contribution >= 4 is 0 Å². The van der Waals surface area contributed by atoms with Gasteiger partial charge in [0.15, 0.2) is 0 Å². The monoisotopic (exact) mass is 206 g/mol. The van der Waals surface area contributed by atoms with E-state index in [9.17, 15) is 22.0 Å². The third kappa shape index (κ3) is 1.91. The van der Waals surface area contributed by atoms with Crippen LogP contribution in [-0.4, -0.2) is 30.1 Å². The number of aliphatic hydroxyl groups excluding tert-OH is 1. The molecule has 1 aliphatic heterocycles. The van der Waals surface area contributed by atoms with Crippen LogP contribution in [0.4, 0.5) is 22.0 Å². The fourth-order valence-corrected chi connectivity index (χ4v) is 1.16. The maximum Gasteiger partial charge on any atom is 0.397 e. The van der Waals surface area contributed by atoms with Crippen LogP contribution in [0.15, 0.2) is 0 Å². The first-order valence-electron chi connectivity index (χ1n) is 3.50. The maximum atomic E-state index is 12.7. The summed E-state index contributed by atoms with van der Waals surface area (Å²) in [6.07, 6.45) is -8.49. The highest BCUT2D eigenvalue weighted by molar-refractivity contribution is 4.87. The van der Waals surface area contributed by atoms with Crippen LogP contribution < -0.4 is 0 Å². The normalized spacial score (nSPS) is 34.6. The Hall–Kier alpha value is -0.430. The van der Waals surface area contributed by atoms with Crippen molar-refractivity contribution < 1.29 is 31.8 Å². The average molecular weight is 206 g/mol. The summed E-state index contributed by atoms with van der Waals surface area (Å²) >= 11 is 0. The smallest absolute Gasteiger partial charge is 0.363 e. The lowest BCUT2D eigenvalue weighted by atomic mass is 9.94. The number of halogens is 5. The van der Waals surface area contributed by atoms with E-state index in [1.54, 1.807) is 0 Å². The highest BCUT2D eigenvalue weighted by atomic mass is 19.4. The molecule has 78 valence electrons. The number of hydrogen-bond acceptors (Lipinski definition) is 2. The summed E-state index contributed by atoms with van der Waals surface area (Å²) in [5.41, 5.74) is 0. The van der Waals surface area contributed by atoms with Gasteiger partial charge in [-0.1, -0.05) is 0 Å². The van der Waals surface area contributed by atoms with E-state index in [4.69, 9.17) is 5.11 Å². The second kappa shape index (κ2) is 3.06. The molecule has 1 saturated heterocycles. The lowest BCUT2D eigenvalue weighted by Crippen LogP contribution is -2.52. The Bertz CT molecular complexity index is 190. The van der Waals surface area contributed by atoms with Crippen LogP contribution in [-0.2, 0) is 4.74 Å². The summed E-state index contributed by atoms with van der Waals surface area (Å²) in [6, 6.07) is 0. The van der Waals surface area contributed by atoms with Crippen molar-refractivity contribution in [2.24, 2.45) is 5.92 Å². The van der Waals surface area contributed by atoms with Gasteiger partial charge in [-0.05, 0) is 6.42 Å². The third-order valence-electron chi connectivity index (χ3n) is 1.87. The van der Waals surface area contributed by atoms with Crippen molar-refractivity contribution in [2.45, 2.75) is 24.8 Å². The standard InChI is InChI=1S/C6H7F5O2/c7-5(8)3(6(9,10)11)1-2-13-4(5)12/h3-4,12H,1-2H2. The zero-order valence-electron chi connectivity index (χ0n) is 6.31. The molecule has 0 radical (unpaired) electrons. The van der Waals surface area contributed by atoms with Gasteiger partial charge in [-0.25, -0.2) is 8.78 Å². The topological polar surface area (TPSA) is 29.5 Å². The second-order valence-corrected chi connectivity index (χ2v) is 2.78. The Morgan fingerprint density at radius 3 is 2.23 bits per heavy atom. The van der Waals surface area contributed by atoms with Gasteiger partial charge in [0.25, 0.3) is 0 Å². The minimum absolute atomic E-state index is 0.513. The van der Waals surface area contributed by atoms with Crippen molar-refractivity contribution in [3.05, 3.63) is 0 Å². The van der Waals surface area contributed by atoms with Crippen LogP contribution in [0.2, 0.25) is 0 Å². The zero-order chi connectivity index (χ0) is 10.3. The summed E-state index contributed by atoms with van der Waals surface area (Å²) < 4.78 is 65.2. The summed E-state index contributed by atoms with van der Waals surface area (Å²) in [7, 11) is 0. The van der Waals surface area contributed by atoms with Gasteiger partial charge < -0.3 is 9.84 Å². The van der Waals surface area contributed by atoms with E-state index < -0.39 is 37.3 Å². The molecule has 0 aliphatic carbocycles. The molecule has 1 rings (SSSR count). The first-order valence-corrected chi connectivity index (χ1v) is 3.50. The molecule has 0 saturated carbocycles. The summed E-state index contributed by atoms with van der Waals surface area (Å²) in [5.74, 6) is -7.07. The molecular formula is C6H7F5O2.